The van der Waals surface area contributed by atoms with E-state index >= 15 is 0 Å². The Labute approximate surface area is 136 Å². The van der Waals surface area contributed by atoms with Crippen LogP contribution in [0.15, 0.2) is 59.7 Å². The molecule has 114 valence electrons. The molecule has 2 N–H and O–H groups in total. The predicted octanol–water partition coefficient (Wildman–Crippen LogP) is 3.99. The largest absolute Gasteiger partial charge is 0.330 e. The van der Waals surface area contributed by atoms with Gasteiger partial charge in [-0.1, -0.05) is 54.1 Å². The molecule has 1 atom stereocenters. The van der Waals surface area contributed by atoms with Crippen LogP contribution in [0.2, 0.25) is 5.02 Å². The van der Waals surface area contributed by atoms with E-state index in [1.807, 2.05) is 18.2 Å². The summed E-state index contributed by atoms with van der Waals surface area (Å²) in [6.45, 7) is 1.45. The van der Waals surface area contributed by atoms with Crippen LogP contribution < -0.4 is 5.73 Å². The fourth-order valence-electron chi connectivity index (χ4n) is 2.83. The monoisotopic (exact) mass is 313 g/mol. The van der Waals surface area contributed by atoms with E-state index in [0.717, 1.165) is 24.4 Å². The average molecular weight is 314 g/mol. The maximum Gasteiger partial charge on any atom is 0.0776 e. The second-order valence-electron chi connectivity index (χ2n) is 5.56. The van der Waals surface area contributed by atoms with Crippen LogP contribution in [-0.4, -0.2) is 17.3 Å². The van der Waals surface area contributed by atoms with Gasteiger partial charge in [0.25, 0.3) is 0 Å². The first-order chi connectivity index (χ1) is 10.8. The smallest absolute Gasteiger partial charge is 0.0776 e. The average Bonchev–Trinajstić information content (AvgIpc) is 2.92. The van der Waals surface area contributed by atoms with Gasteiger partial charge in [-0.15, -0.1) is 0 Å². The molecule has 0 bridgehead atoms. The van der Waals surface area contributed by atoms with Gasteiger partial charge in [0.2, 0.25) is 0 Å². The number of rotatable bonds is 5. The third kappa shape index (κ3) is 3.49. The molecule has 4 heteroatoms. The third-order valence-corrected chi connectivity index (χ3v) is 4.19. The Bertz CT molecular complexity index is 637. The summed E-state index contributed by atoms with van der Waals surface area (Å²) in [5.41, 5.74) is 9.38. The lowest BCUT2D eigenvalue weighted by molar-refractivity contribution is 0.224. The minimum Gasteiger partial charge on any atom is -0.330 e. The molecule has 1 aliphatic rings. The summed E-state index contributed by atoms with van der Waals surface area (Å²) in [7, 11) is 0. The van der Waals surface area contributed by atoms with Crippen molar-refractivity contribution in [3.63, 3.8) is 0 Å². The van der Waals surface area contributed by atoms with Crippen molar-refractivity contribution in [3.8, 4) is 0 Å². The normalized spacial score (nSPS) is 17.6. The fourth-order valence-corrected chi connectivity index (χ4v) is 2.96. The van der Waals surface area contributed by atoms with Gasteiger partial charge in [0.05, 0.1) is 12.6 Å². The van der Waals surface area contributed by atoms with E-state index in [1.54, 1.807) is 0 Å². The molecule has 0 radical (unpaired) electrons. The van der Waals surface area contributed by atoms with Crippen LogP contribution in [0, 0.1) is 0 Å². The third-order valence-electron chi connectivity index (χ3n) is 3.93. The summed E-state index contributed by atoms with van der Waals surface area (Å²) in [4.78, 5) is 0. The molecule has 1 unspecified atom stereocenters. The maximum absolute atomic E-state index is 6.00. The Kier molecular flexibility index (Phi) is 4.76. The first kappa shape index (κ1) is 15.1. The van der Waals surface area contributed by atoms with Crippen molar-refractivity contribution in [3.05, 3.63) is 70.7 Å². The Hall–Kier alpha value is -1.84. The molecular formula is C18H20ClN3. The van der Waals surface area contributed by atoms with Crippen molar-refractivity contribution < 1.29 is 0 Å². The lowest BCUT2D eigenvalue weighted by Gasteiger charge is -2.24. The highest BCUT2D eigenvalue weighted by Crippen LogP contribution is 2.33. The molecular weight excluding hydrogens is 294 g/mol. The van der Waals surface area contributed by atoms with Crippen LogP contribution >= 0.6 is 11.6 Å². The van der Waals surface area contributed by atoms with E-state index < -0.39 is 0 Å². The zero-order chi connectivity index (χ0) is 15.4. The zero-order valence-corrected chi connectivity index (χ0v) is 13.2. The molecule has 0 aliphatic carbocycles. The first-order valence-corrected chi connectivity index (χ1v) is 7.96. The summed E-state index contributed by atoms with van der Waals surface area (Å²) in [6, 6.07) is 18.8. The molecule has 2 aromatic carbocycles. The molecule has 3 rings (SSSR count). The van der Waals surface area contributed by atoms with Gasteiger partial charge in [-0.05, 0) is 36.2 Å². The van der Waals surface area contributed by atoms with Gasteiger partial charge in [0, 0.05) is 17.2 Å². The van der Waals surface area contributed by atoms with Gasteiger partial charge in [-0.25, -0.2) is 0 Å². The minimum absolute atomic E-state index is 0.263. The molecule has 0 saturated heterocycles. The number of nitrogens with two attached hydrogens (primary N) is 1. The summed E-state index contributed by atoms with van der Waals surface area (Å²) < 4.78 is 0. The van der Waals surface area contributed by atoms with Gasteiger partial charge in [0.1, 0.15) is 0 Å². The van der Waals surface area contributed by atoms with E-state index in [4.69, 9.17) is 22.4 Å². The number of hydrogen-bond acceptors (Lipinski definition) is 3. The van der Waals surface area contributed by atoms with E-state index in [9.17, 15) is 0 Å². The molecule has 0 spiro atoms. The molecule has 0 saturated carbocycles. The van der Waals surface area contributed by atoms with Crippen molar-refractivity contribution in [2.24, 2.45) is 10.8 Å². The van der Waals surface area contributed by atoms with Crippen LogP contribution in [0.4, 0.5) is 0 Å². The summed E-state index contributed by atoms with van der Waals surface area (Å²) in [5.74, 6) is 0. The van der Waals surface area contributed by atoms with Crippen LogP contribution in [-0.2, 0) is 6.54 Å². The Balaban J connectivity index is 1.82. The number of hydrogen-bond donors (Lipinski definition) is 1. The quantitative estimate of drug-likeness (QED) is 0.906. The predicted molar refractivity (Wildman–Crippen MR) is 91.9 cm³/mol. The number of nitrogens with zero attached hydrogens (tertiary/aromatic N) is 2. The topological polar surface area (TPSA) is 41.6 Å². The van der Waals surface area contributed by atoms with Crippen LogP contribution in [0.3, 0.4) is 0 Å². The van der Waals surface area contributed by atoms with Crippen LogP contribution in [0.5, 0.6) is 0 Å². The SMILES string of the molecule is NCCC1=NN(Cc2ccccc2)C(c2ccc(Cl)cc2)C1. The second-order valence-corrected chi connectivity index (χ2v) is 6.00. The molecule has 1 aliphatic heterocycles. The number of hydrazone groups is 1. The lowest BCUT2D eigenvalue weighted by Crippen LogP contribution is -2.19. The molecule has 1 heterocycles. The second kappa shape index (κ2) is 6.95. The van der Waals surface area contributed by atoms with E-state index in [2.05, 4.69) is 41.4 Å². The standard InChI is InChI=1S/C18H20ClN3/c19-16-8-6-15(7-9-16)18-12-17(10-11-20)21-22(18)13-14-4-2-1-3-5-14/h1-9,18H,10-13,20H2. The first-order valence-electron chi connectivity index (χ1n) is 7.58. The Morgan fingerprint density at radius 1 is 1.09 bits per heavy atom. The minimum atomic E-state index is 0.263. The Morgan fingerprint density at radius 3 is 2.50 bits per heavy atom. The maximum atomic E-state index is 6.00. The summed E-state index contributed by atoms with van der Waals surface area (Å²) >= 11 is 6.00. The molecule has 22 heavy (non-hydrogen) atoms. The highest BCUT2D eigenvalue weighted by molar-refractivity contribution is 6.30. The summed E-state index contributed by atoms with van der Waals surface area (Å²) in [5, 5.41) is 7.72. The van der Waals surface area contributed by atoms with Gasteiger partial charge >= 0.3 is 0 Å². The zero-order valence-electron chi connectivity index (χ0n) is 12.5. The van der Waals surface area contributed by atoms with Crippen molar-refractivity contribution in [2.75, 3.05) is 6.54 Å². The van der Waals surface area contributed by atoms with E-state index in [0.29, 0.717) is 6.54 Å². The van der Waals surface area contributed by atoms with Gasteiger partial charge in [-0.2, -0.15) is 5.10 Å². The molecule has 0 fully saturated rings. The molecule has 3 nitrogen and oxygen atoms in total. The molecule has 0 amide bonds. The fraction of sp³-hybridized carbons (Fsp3) is 0.278. The van der Waals surface area contributed by atoms with Crippen molar-refractivity contribution in [2.45, 2.75) is 25.4 Å². The van der Waals surface area contributed by atoms with E-state index in [1.165, 1.54) is 16.8 Å². The van der Waals surface area contributed by atoms with Gasteiger partial charge in [-0.3, -0.25) is 5.01 Å². The Morgan fingerprint density at radius 2 is 1.82 bits per heavy atom. The molecule has 2 aromatic rings. The van der Waals surface area contributed by atoms with Crippen molar-refractivity contribution >= 4 is 17.3 Å². The van der Waals surface area contributed by atoms with Gasteiger partial charge < -0.3 is 5.73 Å². The highest BCUT2D eigenvalue weighted by atomic mass is 35.5. The van der Waals surface area contributed by atoms with Crippen molar-refractivity contribution in [1.29, 1.82) is 0 Å². The molecule has 0 aromatic heterocycles. The number of halogens is 1. The summed E-state index contributed by atoms with van der Waals surface area (Å²) in [6.07, 6.45) is 1.79. The van der Waals surface area contributed by atoms with Crippen molar-refractivity contribution in [1.82, 2.24) is 5.01 Å². The van der Waals surface area contributed by atoms with E-state index in [-0.39, 0.29) is 6.04 Å². The van der Waals surface area contributed by atoms with Crippen LogP contribution in [0.1, 0.15) is 30.0 Å². The lowest BCUT2D eigenvalue weighted by atomic mass is 10.0. The highest BCUT2D eigenvalue weighted by Gasteiger charge is 2.27. The van der Waals surface area contributed by atoms with Crippen LogP contribution in [0.25, 0.3) is 0 Å². The number of benzene rings is 2. The van der Waals surface area contributed by atoms with Gasteiger partial charge in [0.15, 0.2) is 0 Å².